The lowest BCUT2D eigenvalue weighted by atomic mass is 10.1. The Hall–Kier alpha value is -1.36. The van der Waals surface area contributed by atoms with Gasteiger partial charge >= 0.3 is 5.97 Å². The first-order valence-electron chi connectivity index (χ1n) is 6.53. The molecule has 1 N–H and O–H groups in total. The molecule has 2 rings (SSSR count). The Labute approximate surface area is 117 Å². The van der Waals surface area contributed by atoms with Crippen LogP contribution in [0.3, 0.4) is 0 Å². The van der Waals surface area contributed by atoms with Gasteiger partial charge < -0.3 is 10.1 Å². The minimum absolute atomic E-state index is 0.0314. The molecule has 0 bridgehead atoms. The molecule has 1 heterocycles. The van der Waals surface area contributed by atoms with Crippen LogP contribution >= 0.6 is 11.3 Å². The Kier molecular flexibility index (Phi) is 4.24. The van der Waals surface area contributed by atoms with Crippen LogP contribution < -0.4 is 5.32 Å². The van der Waals surface area contributed by atoms with Gasteiger partial charge in [-0.1, -0.05) is 12.8 Å². The van der Waals surface area contributed by atoms with Crippen LogP contribution in [-0.4, -0.2) is 19.0 Å². The van der Waals surface area contributed by atoms with Crippen LogP contribution in [0.5, 0.6) is 0 Å². The first-order chi connectivity index (χ1) is 9.04. The molecule has 0 spiro atoms. The fourth-order valence-corrected chi connectivity index (χ4v) is 3.52. The fraction of sp³-hybridized carbons (Fsp3) is 0.571. The second kappa shape index (κ2) is 5.74. The molecule has 0 unspecified atom stereocenters. The minimum Gasteiger partial charge on any atom is -0.465 e. The summed E-state index contributed by atoms with van der Waals surface area (Å²) in [5, 5.41) is 3.53. The van der Waals surface area contributed by atoms with Crippen molar-refractivity contribution in [2.75, 3.05) is 12.4 Å². The number of esters is 1. The summed E-state index contributed by atoms with van der Waals surface area (Å²) in [7, 11) is 1.36. The molecular formula is C14H19NO3S. The quantitative estimate of drug-likeness (QED) is 0.865. The maximum atomic E-state index is 12.1. The minimum atomic E-state index is -0.386. The summed E-state index contributed by atoms with van der Waals surface area (Å²) in [5.74, 6) is -0.263. The first kappa shape index (κ1) is 14.1. The van der Waals surface area contributed by atoms with Crippen LogP contribution in [0, 0.1) is 19.8 Å². The van der Waals surface area contributed by atoms with E-state index in [1.807, 2.05) is 13.8 Å². The second-order valence-electron chi connectivity index (χ2n) is 4.95. The third-order valence-electron chi connectivity index (χ3n) is 3.74. The third kappa shape index (κ3) is 2.81. The monoisotopic (exact) mass is 281 g/mol. The van der Waals surface area contributed by atoms with Gasteiger partial charge in [-0.05, 0) is 32.3 Å². The van der Waals surface area contributed by atoms with E-state index in [1.54, 1.807) is 0 Å². The van der Waals surface area contributed by atoms with Gasteiger partial charge in [0.1, 0.15) is 5.00 Å². The second-order valence-corrected chi connectivity index (χ2v) is 6.17. The van der Waals surface area contributed by atoms with E-state index in [-0.39, 0.29) is 17.8 Å². The molecule has 1 aromatic heterocycles. The summed E-state index contributed by atoms with van der Waals surface area (Å²) < 4.78 is 4.79. The fourth-order valence-electron chi connectivity index (χ4n) is 2.46. The highest BCUT2D eigenvalue weighted by Crippen LogP contribution is 2.34. The molecular weight excluding hydrogens is 262 g/mol. The van der Waals surface area contributed by atoms with Gasteiger partial charge in [-0.2, -0.15) is 0 Å². The molecule has 1 aliphatic rings. The number of anilines is 1. The summed E-state index contributed by atoms with van der Waals surface area (Å²) in [6.07, 6.45) is 4.13. The Balaban J connectivity index is 2.22. The molecule has 5 heteroatoms. The van der Waals surface area contributed by atoms with Gasteiger partial charge in [0.05, 0.1) is 12.7 Å². The Morgan fingerprint density at radius 2 is 1.89 bits per heavy atom. The van der Waals surface area contributed by atoms with Crippen LogP contribution in [0.2, 0.25) is 0 Å². The first-order valence-corrected chi connectivity index (χ1v) is 7.35. The maximum Gasteiger partial charge on any atom is 0.341 e. The van der Waals surface area contributed by atoms with Crippen molar-refractivity contribution in [3.63, 3.8) is 0 Å². The largest absolute Gasteiger partial charge is 0.465 e. The number of amides is 1. The van der Waals surface area contributed by atoms with Crippen molar-refractivity contribution in [1.29, 1.82) is 0 Å². The van der Waals surface area contributed by atoms with Gasteiger partial charge in [0.15, 0.2) is 0 Å². The predicted molar refractivity (Wildman–Crippen MR) is 75.7 cm³/mol. The molecule has 1 aliphatic carbocycles. The number of carbonyl (C=O) groups is 2. The molecule has 1 amide bonds. The van der Waals surface area contributed by atoms with Crippen molar-refractivity contribution in [2.45, 2.75) is 39.5 Å². The van der Waals surface area contributed by atoms with Crippen molar-refractivity contribution in [2.24, 2.45) is 5.92 Å². The normalized spacial score (nSPS) is 15.5. The number of rotatable bonds is 3. The molecule has 0 aromatic carbocycles. The smallest absolute Gasteiger partial charge is 0.341 e. The Morgan fingerprint density at radius 1 is 1.26 bits per heavy atom. The van der Waals surface area contributed by atoms with E-state index in [2.05, 4.69) is 5.32 Å². The van der Waals surface area contributed by atoms with E-state index >= 15 is 0 Å². The highest BCUT2D eigenvalue weighted by Gasteiger charge is 2.26. The highest BCUT2D eigenvalue weighted by molar-refractivity contribution is 7.16. The van der Waals surface area contributed by atoms with Crippen LogP contribution in [0.1, 0.15) is 46.5 Å². The lowest BCUT2D eigenvalue weighted by Crippen LogP contribution is -2.21. The van der Waals surface area contributed by atoms with E-state index in [0.29, 0.717) is 10.6 Å². The number of nitrogens with one attached hydrogen (secondary N) is 1. The molecule has 1 saturated carbocycles. The molecule has 0 atom stereocenters. The summed E-state index contributed by atoms with van der Waals surface area (Å²) >= 11 is 1.44. The van der Waals surface area contributed by atoms with Crippen molar-refractivity contribution in [1.82, 2.24) is 0 Å². The number of carbonyl (C=O) groups excluding carboxylic acids is 2. The molecule has 104 valence electrons. The molecule has 4 nitrogen and oxygen atoms in total. The van der Waals surface area contributed by atoms with Gasteiger partial charge in [0.2, 0.25) is 5.91 Å². The predicted octanol–water partition coefficient (Wildman–Crippen LogP) is 3.28. The zero-order valence-electron chi connectivity index (χ0n) is 11.5. The number of aryl methyl sites for hydroxylation is 1. The summed E-state index contributed by atoms with van der Waals surface area (Å²) in [6.45, 7) is 3.82. The number of ether oxygens (including phenoxy) is 1. The lowest BCUT2D eigenvalue weighted by Gasteiger charge is -2.10. The van der Waals surface area contributed by atoms with Gasteiger partial charge in [-0.3, -0.25) is 4.79 Å². The lowest BCUT2D eigenvalue weighted by molar-refractivity contribution is -0.119. The molecule has 0 saturated heterocycles. The molecule has 1 aromatic rings. The molecule has 0 aliphatic heterocycles. The maximum absolute atomic E-state index is 12.1. The van der Waals surface area contributed by atoms with Crippen molar-refractivity contribution < 1.29 is 14.3 Å². The SMILES string of the molecule is COC(=O)c1c(NC(=O)C2CCCC2)sc(C)c1C. The average molecular weight is 281 g/mol. The number of hydrogen-bond acceptors (Lipinski definition) is 4. The van der Waals surface area contributed by atoms with E-state index in [1.165, 1.54) is 18.4 Å². The third-order valence-corrected chi connectivity index (χ3v) is 4.86. The van der Waals surface area contributed by atoms with E-state index < -0.39 is 0 Å². The summed E-state index contributed by atoms with van der Waals surface area (Å²) in [6, 6.07) is 0. The zero-order chi connectivity index (χ0) is 14.0. The number of methoxy groups -OCH3 is 1. The van der Waals surface area contributed by atoms with Gasteiger partial charge in [0, 0.05) is 10.8 Å². The van der Waals surface area contributed by atoms with Crippen molar-refractivity contribution in [3.05, 3.63) is 16.0 Å². The Bertz CT molecular complexity index is 501. The van der Waals surface area contributed by atoms with Crippen molar-refractivity contribution >= 4 is 28.2 Å². The van der Waals surface area contributed by atoms with Crippen LogP contribution in [-0.2, 0) is 9.53 Å². The van der Waals surface area contributed by atoms with Crippen LogP contribution in [0.4, 0.5) is 5.00 Å². The van der Waals surface area contributed by atoms with Crippen LogP contribution in [0.25, 0.3) is 0 Å². The molecule has 1 fully saturated rings. The van der Waals surface area contributed by atoms with Crippen molar-refractivity contribution in [3.8, 4) is 0 Å². The zero-order valence-corrected chi connectivity index (χ0v) is 12.4. The summed E-state index contributed by atoms with van der Waals surface area (Å²) in [5.41, 5.74) is 1.38. The molecule has 19 heavy (non-hydrogen) atoms. The molecule has 0 radical (unpaired) electrons. The van der Waals surface area contributed by atoms with Gasteiger partial charge in [-0.25, -0.2) is 4.79 Å². The van der Waals surface area contributed by atoms with Gasteiger partial charge in [0.25, 0.3) is 0 Å². The van der Waals surface area contributed by atoms with E-state index in [0.717, 1.165) is 36.1 Å². The average Bonchev–Trinajstić information content (AvgIpc) is 2.99. The Morgan fingerprint density at radius 3 is 2.47 bits per heavy atom. The highest BCUT2D eigenvalue weighted by atomic mass is 32.1. The van der Waals surface area contributed by atoms with Crippen LogP contribution in [0.15, 0.2) is 0 Å². The number of hydrogen-bond donors (Lipinski definition) is 1. The van der Waals surface area contributed by atoms with E-state index in [4.69, 9.17) is 4.74 Å². The standard InChI is InChI=1S/C14H19NO3S/c1-8-9(2)19-13(11(8)14(17)18-3)15-12(16)10-6-4-5-7-10/h10H,4-7H2,1-3H3,(H,15,16). The summed E-state index contributed by atoms with van der Waals surface area (Å²) in [4.78, 5) is 25.0. The topological polar surface area (TPSA) is 55.4 Å². The van der Waals surface area contributed by atoms with Gasteiger partial charge in [-0.15, -0.1) is 11.3 Å². The number of thiophene rings is 1. The van der Waals surface area contributed by atoms with E-state index in [9.17, 15) is 9.59 Å².